The van der Waals surface area contributed by atoms with Crippen LogP contribution in [0.4, 0.5) is 0 Å². The summed E-state index contributed by atoms with van der Waals surface area (Å²) in [5, 5.41) is 9.61. The van der Waals surface area contributed by atoms with Crippen LogP contribution in [-0.2, 0) is 35.7 Å². The van der Waals surface area contributed by atoms with Gasteiger partial charge in [-0.15, -0.1) is 35.4 Å². The van der Waals surface area contributed by atoms with Crippen LogP contribution in [0.15, 0.2) is 54.3 Å². The van der Waals surface area contributed by atoms with Gasteiger partial charge in [-0.2, -0.15) is 0 Å². The van der Waals surface area contributed by atoms with Crippen LogP contribution in [0.3, 0.4) is 0 Å². The number of hydrogen-bond acceptors (Lipinski definition) is 3. The number of pyridine rings is 1. The predicted molar refractivity (Wildman–Crippen MR) is 135 cm³/mol. The van der Waals surface area contributed by atoms with Gasteiger partial charge in [0.05, 0.1) is 11.3 Å². The van der Waals surface area contributed by atoms with Gasteiger partial charge in [-0.3, -0.25) is 9.78 Å². The summed E-state index contributed by atoms with van der Waals surface area (Å²) in [4.78, 5) is 15.0. The fraction of sp³-hybridized carbons (Fsp3) is 0.379. The topological polar surface area (TPSA) is 50.2 Å². The summed E-state index contributed by atoms with van der Waals surface area (Å²) in [6, 6.07) is 18.5. The molecule has 0 aliphatic heterocycles. The summed E-state index contributed by atoms with van der Waals surface area (Å²) in [6.45, 7) is 18.6. The summed E-state index contributed by atoms with van der Waals surface area (Å²) < 4.78 is 0. The molecule has 0 aliphatic carbocycles. The first-order valence-electron chi connectivity index (χ1n) is 11.0. The number of rotatable bonds is 2. The van der Waals surface area contributed by atoms with Gasteiger partial charge in [0.1, 0.15) is 0 Å². The summed E-state index contributed by atoms with van der Waals surface area (Å²) in [5.41, 5.74) is 7.23. The maximum Gasteiger partial charge on any atom is 0.155 e. The molecule has 0 amide bonds. The molecule has 0 aliphatic rings. The van der Waals surface area contributed by atoms with Crippen LogP contribution in [0.2, 0.25) is 0 Å². The zero-order valence-electron chi connectivity index (χ0n) is 21.3. The maximum absolute atomic E-state index is 10.0. The monoisotopic (exact) mass is 623 g/mol. The van der Waals surface area contributed by atoms with Crippen LogP contribution < -0.4 is 0 Å². The smallest absolute Gasteiger partial charge is 0.155 e. The van der Waals surface area contributed by atoms with Gasteiger partial charge >= 0.3 is 0 Å². The summed E-state index contributed by atoms with van der Waals surface area (Å²) in [5.74, 6) is -0.0625. The van der Waals surface area contributed by atoms with Crippen molar-refractivity contribution in [3.8, 4) is 11.3 Å². The SMILES string of the molecule is CC(=O)/C=C(/C)O.Cc1cc[c-]c(-c2ccc3c(C(C)(C)C)cc(C(C)(C)C)cc3n2)c1.[Ir]. The first-order valence-corrected chi connectivity index (χ1v) is 11.0. The Labute approximate surface area is 212 Å². The number of ketones is 1. The van der Waals surface area contributed by atoms with Crippen LogP contribution in [0.1, 0.15) is 72.1 Å². The standard InChI is InChI=1S/C24H28N.C5H8O2.Ir/c1-16-9-8-10-17(13-16)21-12-11-19-20(24(5,6)7)14-18(23(2,3)4)15-22(19)25-21;1-4(6)3-5(2)7;/h8-9,11-15H,1-7H3;3,6H,1-2H3;/q-1;;/b;4-3-;. The van der Waals surface area contributed by atoms with Gasteiger partial charge in [0.25, 0.3) is 0 Å². The first-order chi connectivity index (χ1) is 14.7. The number of aliphatic hydroxyl groups excluding tert-OH is 1. The molecule has 3 aromatic rings. The molecule has 1 heterocycles. The second-order valence-electron chi connectivity index (χ2n) is 10.5. The molecule has 0 bridgehead atoms. The van der Waals surface area contributed by atoms with Crippen molar-refractivity contribution in [2.45, 2.75) is 73.1 Å². The van der Waals surface area contributed by atoms with Gasteiger partial charge in [-0.1, -0.05) is 66.7 Å². The maximum atomic E-state index is 10.0. The number of benzene rings is 2. The molecule has 1 radical (unpaired) electrons. The summed E-state index contributed by atoms with van der Waals surface area (Å²) in [6.07, 6.45) is 1.17. The number of allylic oxidation sites excluding steroid dienone is 2. The molecular formula is C29H36IrNO2-. The van der Waals surface area contributed by atoms with E-state index in [2.05, 4.69) is 90.9 Å². The van der Waals surface area contributed by atoms with Gasteiger partial charge in [-0.25, -0.2) is 0 Å². The van der Waals surface area contributed by atoms with Crippen molar-refractivity contribution in [3.05, 3.63) is 77.1 Å². The number of nitrogens with zero attached hydrogens (tertiary/aromatic N) is 1. The third-order valence-corrected chi connectivity index (χ3v) is 5.13. The molecule has 33 heavy (non-hydrogen) atoms. The molecule has 2 aromatic carbocycles. The second kappa shape index (κ2) is 11.2. The van der Waals surface area contributed by atoms with E-state index in [1.165, 1.54) is 42.0 Å². The Balaban J connectivity index is 0.000000595. The van der Waals surface area contributed by atoms with Gasteiger partial charge < -0.3 is 5.11 Å². The van der Waals surface area contributed by atoms with Crippen molar-refractivity contribution in [1.82, 2.24) is 4.98 Å². The summed E-state index contributed by atoms with van der Waals surface area (Å²) >= 11 is 0. The van der Waals surface area contributed by atoms with Gasteiger partial charge in [0.2, 0.25) is 0 Å². The molecule has 3 rings (SSSR count). The van der Waals surface area contributed by atoms with Gasteiger partial charge in [0.15, 0.2) is 5.78 Å². The Morgan fingerprint density at radius 1 is 0.970 bits per heavy atom. The van der Waals surface area contributed by atoms with E-state index in [-0.39, 0.29) is 42.5 Å². The minimum absolute atomic E-state index is 0. The molecule has 0 saturated carbocycles. The Hall–Kier alpha value is -2.29. The second-order valence-corrected chi connectivity index (χ2v) is 10.5. The van der Waals surface area contributed by atoms with Crippen molar-refractivity contribution in [1.29, 1.82) is 0 Å². The average molecular weight is 623 g/mol. The number of fused-ring (bicyclic) bond motifs is 1. The number of aliphatic hydroxyl groups is 1. The van der Waals surface area contributed by atoms with Crippen LogP contribution in [0.5, 0.6) is 0 Å². The molecule has 4 heteroatoms. The van der Waals surface area contributed by atoms with Crippen molar-refractivity contribution in [2.24, 2.45) is 0 Å². The van der Waals surface area contributed by atoms with E-state index in [9.17, 15) is 4.79 Å². The average Bonchev–Trinajstić information content (AvgIpc) is 2.64. The fourth-order valence-corrected chi connectivity index (χ4v) is 3.46. The van der Waals surface area contributed by atoms with E-state index >= 15 is 0 Å². The number of aromatic nitrogens is 1. The van der Waals surface area contributed by atoms with E-state index in [1.807, 2.05) is 6.07 Å². The van der Waals surface area contributed by atoms with E-state index < -0.39 is 0 Å². The van der Waals surface area contributed by atoms with Crippen LogP contribution in [0, 0.1) is 13.0 Å². The fourth-order valence-electron chi connectivity index (χ4n) is 3.46. The number of carbonyl (C=O) groups excluding carboxylic acids is 1. The van der Waals surface area contributed by atoms with E-state index in [4.69, 9.17) is 10.1 Å². The third kappa shape index (κ3) is 8.21. The molecular weight excluding hydrogens is 587 g/mol. The molecule has 1 aromatic heterocycles. The van der Waals surface area contributed by atoms with Crippen molar-refractivity contribution in [2.75, 3.05) is 0 Å². The molecule has 179 valence electrons. The van der Waals surface area contributed by atoms with E-state index in [0.717, 1.165) is 16.8 Å². The molecule has 0 unspecified atom stereocenters. The predicted octanol–water partition coefficient (Wildman–Crippen LogP) is 7.64. The normalized spacial score (nSPS) is 12.0. The first kappa shape index (κ1) is 28.7. The van der Waals surface area contributed by atoms with Crippen molar-refractivity contribution < 1.29 is 30.0 Å². The van der Waals surface area contributed by atoms with E-state index in [0.29, 0.717) is 0 Å². The van der Waals surface area contributed by atoms with E-state index in [1.54, 1.807) is 0 Å². The largest absolute Gasteiger partial charge is 0.512 e. The Morgan fingerprint density at radius 3 is 2.06 bits per heavy atom. The molecule has 0 fully saturated rings. The zero-order chi connectivity index (χ0) is 24.3. The van der Waals surface area contributed by atoms with Crippen LogP contribution in [0.25, 0.3) is 22.2 Å². The van der Waals surface area contributed by atoms with Crippen LogP contribution in [-0.4, -0.2) is 15.9 Å². The zero-order valence-corrected chi connectivity index (χ0v) is 23.6. The summed E-state index contributed by atoms with van der Waals surface area (Å²) in [7, 11) is 0. The third-order valence-electron chi connectivity index (χ3n) is 5.13. The van der Waals surface area contributed by atoms with Crippen molar-refractivity contribution >= 4 is 16.7 Å². The van der Waals surface area contributed by atoms with Gasteiger partial charge in [-0.05, 0) is 47.6 Å². The quantitative estimate of drug-likeness (QED) is 0.182. The molecule has 1 N–H and O–H groups in total. The molecule has 0 spiro atoms. The minimum Gasteiger partial charge on any atom is -0.512 e. The number of aryl methyl sites for hydroxylation is 1. The molecule has 3 nitrogen and oxygen atoms in total. The Morgan fingerprint density at radius 2 is 1.61 bits per heavy atom. The Kier molecular flexibility index (Phi) is 9.78. The molecule has 0 atom stereocenters. The van der Waals surface area contributed by atoms with Crippen LogP contribution >= 0.6 is 0 Å². The van der Waals surface area contributed by atoms with Crippen molar-refractivity contribution in [3.63, 3.8) is 0 Å². The number of carbonyl (C=O) groups is 1. The Bertz CT molecular complexity index is 1140. The minimum atomic E-state index is -0.125. The number of hydrogen-bond donors (Lipinski definition) is 1. The van der Waals surface area contributed by atoms with Gasteiger partial charge in [0, 0.05) is 31.6 Å². The molecule has 0 saturated heterocycles.